The molecule has 2 saturated carbocycles. The van der Waals surface area contributed by atoms with Crippen LogP contribution in [0.4, 0.5) is 5.82 Å². The fourth-order valence-electron chi connectivity index (χ4n) is 5.29. The van der Waals surface area contributed by atoms with Crippen molar-refractivity contribution in [2.75, 3.05) is 19.4 Å². The Morgan fingerprint density at radius 1 is 1.18 bits per heavy atom. The Balaban J connectivity index is 1.44. The highest BCUT2D eigenvalue weighted by molar-refractivity contribution is 5.88. The predicted octanol–water partition coefficient (Wildman–Crippen LogP) is 0.144. The van der Waals surface area contributed by atoms with Crippen LogP contribution in [-0.2, 0) is 4.79 Å². The summed E-state index contributed by atoms with van der Waals surface area (Å²) < 4.78 is 3.21. The molecule has 1 aromatic carbocycles. The van der Waals surface area contributed by atoms with E-state index in [0.29, 0.717) is 29.1 Å². The largest absolute Gasteiger partial charge is 0.389 e. The molecule has 2 aliphatic rings. The zero-order valence-corrected chi connectivity index (χ0v) is 18.5. The van der Waals surface area contributed by atoms with E-state index in [1.165, 1.54) is 11.7 Å². The van der Waals surface area contributed by atoms with Gasteiger partial charge < -0.3 is 25.4 Å². The third-order valence-electron chi connectivity index (χ3n) is 7.06. The van der Waals surface area contributed by atoms with Crippen molar-refractivity contribution in [3.8, 4) is 17.2 Å². The number of aromatic nitrogens is 7. The van der Waals surface area contributed by atoms with Crippen molar-refractivity contribution in [2.45, 2.75) is 24.7 Å². The van der Waals surface area contributed by atoms with Crippen LogP contribution in [0.3, 0.4) is 0 Å². The van der Waals surface area contributed by atoms with Gasteiger partial charge in [0.25, 0.3) is 5.95 Å². The molecule has 0 radical (unpaired) electrons. The van der Waals surface area contributed by atoms with E-state index in [1.54, 1.807) is 24.1 Å². The van der Waals surface area contributed by atoms with E-state index in [4.69, 9.17) is 0 Å². The molecule has 3 aromatic heterocycles. The molecule has 0 spiro atoms. The Morgan fingerprint density at radius 2 is 1.97 bits per heavy atom. The molecule has 0 aliphatic heterocycles. The first-order valence-corrected chi connectivity index (χ1v) is 11.0. The predicted molar refractivity (Wildman–Crippen MR) is 121 cm³/mol. The second-order valence-electron chi connectivity index (χ2n) is 8.72. The average molecular weight is 461 g/mol. The molecule has 0 unspecified atom stereocenters. The summed E-state index contributed by atoms with van der Waals surface area (Å²) in [6.45, 7) is 0. The summed E-state index contributed by atoms with van der Waals surface area (Å²) in [5, 5.41) is 35.7. The number of aliphatic hydroxyl groups is 2. The van der Waals surface area contributed by atoms with Gasteiger partial charge >= 0.3 is 0 Å². The quantitative estimate of drug-likeness (QED) is 0.325. The second kappa shape index (κ2) is 7.30. The maximum Gasteiger partial charge on any atom is 0.256 e. The van der Waals surface area contributed by atoms with E-state index < -0.39 is 23.7 Å². The van der Waals surface area contributed by atoms with Crippen molar-refractivity contribution in [1.82, 2.24) is 39.8 Å². The molecule has 12 heteroatoms. The summed E-state index contributed by atoms with van der Waals surface area (Å²) in [6, 6.07) is 9.10. The van der Waals surface area contributed by atoms with Gasteiger partial charge in [0.05, 0.1) is 30.1 Å². The molecule has 6 rings (SSSR count). The number of aliphatic hydroxyl groups excluding tert-OH is 2. The summed E-state index contributed by atoms with van der Waals surface area (Å²) in [6.07, 6.45) is 1.48. The first-order chi connectivity index (χ1) is 16.5. The topological polar surface area (TPSA) is 156 Å². The van der Waals surface area contributed by atoms with Gasteiger partial charge in [0, 0.05) is 25.6 Å². The Kier molecular flexibility index (Phi) is 4.44. The molecule has 5 atom stereocenters. The van der Waals surface area contributed by atoms with Gasteiger partial charge in [0.2, 0.25) is 5.91 Å². The number of amides is 1. The lowest BCUT2D eigenvalue weighted by molar-refractivity contribution is -0.132. The molecule has 2 fully saturated rings. The van der Waals surface area contributed by atoms with Gasteiger partial charge in [-0.25, -0.2) is 4.98 Å². The highest BCUT2D eigenvalue weighted by Gasteiger charge is 2.75. The minimum absolute atomic E-state index is 0.234. The molecule has 1 amide bonds. The van der Waals surface area contributed by atoms with Crippen LogP contribution in [-0.4, -0.2) is 76.9 Å². The minimum Gasteiger partial charge on any atom is -0.389 e. The number of imidazole rings is 1. The van der Waals surface area contributed by atoms with Gasteiger partial charge in [-0.3, -0.25) is 4.79 Å². The zero-order chi connectivity index (χ0) is 23.6. The van der Waals surface area contributed by atoms with Crippen LogP contribution in [0.5, 0.6) is 0 Å². The number of fused-ring (bicyclic) bond motifs is 2. The molecule has 2 aliphatic carbocycles. The Bertz CT molecular complexity index is 1400. The van der Waals surface area contributed by atoms with Crippen LogP contribution in [0.1, 0.15) is 12.5 Å². The smallest absolute Gasteiger partial charge is 0.256 e. The second-order valence-corrected chi connectivity index (χ2v) is 8.72. The average Bonchev–Trinajstić information content (AvgIpc) is 3.14. The van der Waals surface area contributed by atoms with Crippen LogP contribution in [0.2, 0.25) is 0 Å². The number of nitrogens with zero attached hydrogens (tertiary/aromatic N) is 7. The minimum atomic E-state index is -1.17. The Morgan fingerprint density at radius 3 is 2.71 bits per heavy atom. The van der Waals surface area contributed by atoms with Crippen molar-refractivity contribution in [3.63, 3.8) is 0 Å². The highest BCUT2D eigenvalue weighted by Crippen LogP contribution is 2.67. The summed E-state index contributed by atoms with van der Waals surface area (Å²) in [4.78, 5) is 26.2. The molecule has 0 bridgehead atoms. The Hall–Kier alpha value is -3.90. The van der Waals surface area contributed by atoms with E-state index in [1.807, 2.05) is 30.3 Å². The lowest BCUT2D eigenvalue weighted by Crippen LogP contribution is -2.41. The van der Waals surface area contributed by atoms with E-state index in [0.717, 1.165) is 5.56 Å². The maximum atomic E-state index is 12.5. The molecule has 174 valence electrons. The van der Waals surface area contributed by atoms with Gasteiger partial charge in [-0.1, -0.05) is 35.5 Å². The maximum absolute atomic E-state index is 12.5. The SMILES string of the molecule is CNC(=O)[C@@]12C[C@@H]1[C@@H](n1cnc3c(NC)nc(-n4cc(-c5ccccc5)nn4)nc31)[C@H](O)[C@@H]2O. The number of benzene rings is 1. The van der Waals surface area contributed by atoms with E-state index >= 15 is 0 Å². The van der Waals surface area contributed by atoms with E-state index in [-0.39, 0.29) is 17.8 Å². The monoisotopic (exact) mass is 461 g/mol. The molecule has 4 aromatic rings. The molecule has 34 heavy (non-hydrogen) atoms. The van der Waals surface area contributed by atoms with Crippen molar-refractivity contribution in [2.24, 2.45) is 11.3 Å². The normalized spacial score (nSPS) is 27.5. The third-order valence-corrected chi connectivity index (χ3v) is 7.06. The number of hydrogen-bond donors (Lipinski definition) is 4. The number of anilines is 1. The van der Waals surface area contributed by atoms with Gasteiger partial charge in [-0.05, 0) is 6.42 Å². The van der Waals surface area contributed by atoms with Crippen molar-refractivity contribution in [3.05, 3.63) is 42.9 Å². The molecular weight excluding hydrogens is 438 g/mol. The summed E-state index contributed by atoms with van der Waals surface area (Å²) in [7, 11) is 3.26. The van der Waals surface area contributed by atoms with E-state index in [9.17, 15) is 15.0 Å². The number of carbonyl (C=O) groups excluding carboxylic acids is 1. The Labute approximate surface area is 193 Å². The first-order valence-electron chi connectivity index (χ1n) is 11.0. The van der Waals surface area contributed by atoms with Crippen LogP contribution in [0.25, 0.3) is 28.4 Å². The lowest BCUT2D eigenvalue weighted by Gasteiger charge is -2.23. The van der Waals surface area contributed by atoms with Gasteiger partial charge in [-0.2, -0.15) is 14.6 Å². The third kappa shape index (κ3) is 2.72. The van der Waals surface area contributed by atoms with Crippen molar-refractivity contribution < 1.29 is 15.0 Å². The lowest BCUT2D eigenvalue weighted by atomic mass is 9.98. The molecule has 12 nitrogen and oxygen atoms in total. The first kappa shape index (κ1) is 20.7. The van der Waals surface area contributed by atoms with Crippen LogP contribution in [0, 0.1) is 11.3 Å². The zero-order valence-electron chi connectivity index (χ0n) is 18.5. The molecular formula is C22H23N9O3. The van der Waals surface area contributed by atoms with Crippen molar-refractivity contribution >= 4 is 22.9 Å². The number of carbonyl (C=O) groups is 1. The number of nitrogens with one attached hydrogen (secondary N) is 2. The summed E-state index contributed by atoms with van der Waals surface area (Å²) in [5.74, 6) is 0.257. The molecule has 4 N–H and O–H groups in total. The van der Waals surface area contributed by atoms with Crippen LogP contribution < -0.4 is 10.6 Å². The number of rotatable bonds is 5. The molecule has 0 saturated heterocycles. The summed E-state index contributed by atoms with van der Waals surface area (Å²) >= 11 is 0. The fourth-order valence-corrected chi connectivity index (χ4v) is 5.29. The standard InChI is InChI=1S/C22H23N9O3/c1-23-18-14-19(27-21(26-18)31-9-13(28-29-31)11-6-4-3-5-7-11)30(10-25-14)15-12-8-22(12,20(34)24-2)17(33)16(15)32/h3-7,9-10,12,15-17,32-33H,8H2,1-2H3,(H,24,34)(H,23,26,27)/t12-,15-,16+,17+,22+/m1/s1. The van der Waals surface area contributed by atoms with Gasteiger partial charge in [-0.15, -0.1) is 5.10 Å². The van der Waals surface area contributed by atoms with Crippen LogP contribution >= 0.6 is 0 Å². The summed E-state index contributed by atoms with van der Waals surface area (Å²) in [5.41, 5.74) is 1.56. The highest BCUT2D eigenvalue weighted by atomic mass is 16.3. The van der Waals surface area contributed by atoms with Gasteiger partial charge in [0.1, 0.15) is 11.8 Å². The van der Waals surface area contributed by atoms with Crippen molar-refractivity contribution in [1.29, 1.82) is 0 Å². The molecule has 3 heterocycles. The van der Waals surface area contributed by atoms with E-state index in [2.05, 4.69) is 35.9 Å². The number of hydrogen-bond acceptors (Lipinski definition) is 9. The van der Waals surface area contributed by atoms with Gasteiger partial charge in [0.15, 0.2) is 17.0 Å². The fraction of sp³-hybridized carbons (Fsp3) is 0.364. The van der Waals surface area contributed by atoms with Crippen LogP contribution in [0.15, 0.2) is 42.9 Å².